The van der Waals surface area contributed by atoms with Crippen molar-refractivity contribution < 1.29 is 27.4 Å². The van der Waals surface area contributed by atoms with Crippen LogP contribution in [0.2, 0.25) is 0 Å². The fourth-order valence-electron chi connectivity index (χ4n) is 1.24. The van der Waals surface area contributed by atoms with Gasteiger partial charge in [0.1, 0.15) is 0 Å². The van der Waals surface area contributed by atoms with Crippen molar-refractivity contribution in [2.45, 2.75) is 0 Å². The van der Waals surface area contributed by atoms with Crippen molar-refractivity contribution in [1.82, 2.24) is 10.0 Å². The van der Waals surface area contributed by atoms with E-state index in [1.165, 1.54) is 0 Å². The van der Waals surface area contributed by atoms with E-state index in [1.807, 2.05) is 7.05 Å². The van der Waals surface area contributed by atoms with E-state index >= 15 is 0 Å². The molecule has 8 nitrogen and oxygen atoms in total. The Morgan fingerprint density at radius 2 is 1.10 bits per heavy atom. The maximum Gasteiger partial charge on any atom is 0.208 e. The first-order chi connectivity index (χ1) is 10.1. The average Bonchev–Trinajstić information content (AvgIpc) is 2.42. The average molecular weight is 328 g/mol. The van der Waals surface area contributed by atoms with Crippen LogP contribution in [-0.2, 0) is 29.0 Å². The van der Waals surface area contributed by atoms with Crippen LogP contribution >= 0.6 is 0 Å². The SMILES string of the molecule is CNCCOCCOCCOCCOCCNS(C)(=O)=O. The van der Waals surface area contributed by atoms with Crippen LogP contribution in [0, 0.1) is 0 Å². The number of hydrogen-bond acceptors (Lipinski definition) is 7. The van der Waals surface area contributed by atoms with Gasteiger partial charge in [-0.3, -0.25) is 0 Å². The predicted octanol–water partition coefficient (Wildman–Crippen LogP) is -1.18. The van der Waals surface area contributed by atoms with E-state index in [2.05, 4.69) is 10.0 Å². The summed E-state index contributed by atoms with van der Waals surface area (Å²) in [5.41, 5.74) is 0. The van der Waals surface area contributed by atoms with Crippen LogP contribution in [0.3, 0.4) is 0 Å². The zero-order valence-electron chi connectivity index (χ0n) is 12.9. The quantitative estimate of drug-likeness (QED) is 0.344. The fourth-order valence-corrected chi connectivity index (χ4v) is 1.69. The predicted molar refractivity (Wildman–Crippen MR) is 80.0 cm³/mol. The molecule has 0 aliphatic carbocycles. The Bertz CT molecular complexity index is 313. The van der Waals surface area contributed by atoms with Gasteiger partial charge in [0.15, 0.2) is 0 Å². The van der Waals surface area contributed by atoms with Gasteiger partial charge in [0.25, 0.3) is 0 Å². The summed E-state index contributed by atoms with van der Waals surface area (Å²) in [6.45, 7) is 5.17. The smallest absolute Gasteiger partial charge is 0.208 e. The summed E-state index contributed by atoms with van der Waals surface area (Å²) in [6, 6.07) is 0. The minimum atomic E-state index is -3.13. The van der Waals surface area contributed by atoms with Gasteiger partial charge in [-0.1, -0.05) is 0 Å². The Balaban J connectivity index is 3.03. The highest BCUT2D eigenvalue weighted by atomic mass is 32.2. The number of ether oxygens (including phenoxy) is 4. The van der Waals surface area contributed by atoms with Gasteiger partial charge in [-0.25, -0.2) is 13.1 Å². The topological polar surface area (TPSA) is 95.1 Å². The molecular formula is C12H28N2O6S. The van der Waals surface area contributed by atoms with E-state index in [0.717, 1.165) is 12.8 Å². The zero-order chi connectivity index (χ0) is 15.8. The number of nitrogens with one attached hydrogen (secondary N) is 2. The van der Waals surface area contributed by atoms with Crippen LogP contribution in [0.5, 0.6) is 0 Å². The summed E-state index contributed by atoms with van der Waals surface area (Å²) in [6.07, 6.45) is 1.11. The molecule has 0 radical (unpaired) electrons. The number of hydrogen-bond donors (Lipinski definition) is 2. The molecule has 0 aliphatic heterocycles. The first-order valence-electron chi connectivity index (χ1n) is 6.96. The Morgan fingerprint density at radius 1 is 0.714 bits per heavy atom. The van der Waals surface area contributed by atoms with E-state index in [0.29, 0.717) is 52.9 Å². The molecule has 0 spiro atoms. The van der Waals surface area contributed by atoms with E-state index < -0.39 is 10.0 Å². The van der Waals surface area contributed by atoms with Crippen LogP contribution in [0.1, 0.15) is 0 Å². The van der Waals surface area contributed by atoms with Crippen molar-refractivity contribution in [1.29, 1.82) is 0 Å². The van der Waals surface area contributed by atoms with E-state index in [-0.39, 0.29) is 6.54 Å². The molecule has 9 heteroatoms. The van der Waals surface area contributed by atoms with Crippen molar-refractivity contribution in [2.75, 3.05) is 79.2 Å². The van der Waals surface area contributed by atoms with Crippen molar-refractivity contribution >= 4 is 10.0 Å². The Morgan fingerprint density at radius 3 is 1.48 bits per heavy atom. The standard InChI is InChI=1S/C12H28N2O6S/c1-13-3-5-17-7-9-19-11-12-20-10-8-18-6-4-14-21(2,15)16/h13-14H,3-12H2,1-2H3. The largest absolute Gasteiger partial charge is 0.378 e. The van der Waals surface area contributed by atoms with Gasteiger partial charge in [-0.15, -0.1) is 0 Å². The fraction of sp³-hybridized carbons (Fsp3) is 1.00. The lowest BCUT2D eigenvalue weighted by atomic mass is 10.6. The molecule has 0 aromatic rings. The Kier molecular flexibility index (Phi) is 14.4. The lowest BCUT2D eigenvalue weighted by Crippen LogP contribution is -2.26. The summed E-state index contributed by atoms with van der Waals surface area (Å²) in [4.78, 5) is 0. The molecular weight excluding hydrogens is 300 g/mol. The molecule has 0 amide bonds. The number of sulfonamides is 1. The highest BCUT2D eigenvalue weighted by Gasteiger charge is 1.98. The summed E-state index contributed by atoms with van der Waals surface area (Å²) in [7, 11) is -1.26. The first kappa shape index (κ1) is 20.7. The molecule has 21 heavy (non-hydrogen) atoms. The number of rotatable bonds is 16. The van der Waals surface area contributed by atoms with Crippen molar-refractivity contribution in [2.24, 2.45) is 0 Å². The van der Waals surface area contributed by atoms with Crippen molar-refractivity contribution in [3.63, 3.8) is 0 Å². The molecule has 0 unspecified atom stereocenters. The second kappa shape index (κ2) is 14.6. The van der Waals surface area contributed by atoms with Crippen molar-refractivity contribution in [3.8, 4) is 0 Å². The minimum absolute atomic E-state index is 0.273. The normalized spacial score (nSPS) is 11.9. The maximum absolute atomic E-state index is 10.7. The third-order valence-corrected chi connectivity index (χ3v) is 2.95. The molecule has 2 N–H and O–H groups in total. The Labute approximate surface area is 127 Å². The maximum atomic E-state index is 10.7. The third-order valence-electron chi connectivity index (χ3n) is 2.22. The summed E-state index contributed by atoms with van der Waals surface area (Å²) < 4.78 is 44.9. The molecule has 0 heterocycles. The van der Waals surface area contributed by atoms with Crippen LogP contribution in [0.25, 0.3) is 0 Å². The second-order valence-electron chi connectivity index (χ2n) is 4.22. The highest BCUT2D eigenvalue weighted by Crippen LogP contribution is 1.83. The van der Waals surface area contributed by atoms with Gasteiger partial charge in [0, 0.05) is 13.1 Å². The number of likely N-dealkylation sites (N-methyl/N-ethyl adjacent to an activating group) is 1. The molecule has 0 fully saturated rings. The van der Waals surface area contributed by atoms with Gasteiger partial charge in [0.2, 0.25) is 10.0 Å². The van der Waals surface area contributed by atoms with Gasteiger partial charge < -0.3 is 24.3 Å². The van der Waals surface area contributed by atoms with Gasteiger partial charge >= 0.3 is 0 Å². The van der Waals surface area contributed by atoms with E-state index in [1.54, 1.807) is 0 Å². The molecule has 0 rings (SSSR count). The van der Waals surface area contributed by atoms with Crippen LogP contribution in [0.15, 0.2) is 0 Å². The van der Waals surface area contributed by atoms with Crippen LogP contribution in [0.4, 0.5) is 0 Å². The minimum Gasteiger partial charge on any atom is -0.378 e. The highest BCUT2D eigenvalue weighted by molar-refractivity contribution is 7.88. The Hall–Kier alpha value is -0.290. The van der Waals surface area contributed by atoms with E-state index in [9.17, 15) is 8.42 Å². The zero-order valence-corrected chi connectivity index (χ0v) is 13.7. The van der Waals surface area contributed by atoms with Gasteiger partial charge in [-0.2, -0.15) is 0 Å². The molecule has 0 aromatic carbocycles. The third kappa shape index (κ3) is 19.7. The van der Waals surface area contributed by atoms with Gasteiger partial charge in [-0.05, 0) is 7.05 Å². The second-order valence-corrected chi connectivity index (χ2v) is 6.05. The first-order valence-corrected chi connectivity index (χ1v) is 8.85. The summed E-state index contributed by atoms with van der Waals surface area (Å²) >= 11 is 0. The summed E-state index contributed by atoms with van der Waals surface area (Å²) in [5.74, 6) is 0. The lowest BCUT2D eigenvalue weighted by molar-refractivity contribution is -0.000711. The van der Waals surface area contributed by atoms with Crippen LogP contribution in [-0.4, -0.2) is 87.7 Å². The van der Waals surface area contributed by atoms with Crippen molar-refractivity contribution in [3.05, 3.63) is 0 Å². The monoisotopic (exact) mass is 328 g/mol. The molecule has 0 saturated carbocycles. The molecule has 0 bridgehead atoms. The molecule has 0 aliphatic rings. The molecule has 128 valence electrons. The van der Waals surface area contributed by atoms with E-state index in [4.69, 9.17) is 18.9 Å². The summed E-state index contributed by atoms with van der Waals surface area (Å²) in [5, 5.41) is 2.99. The van der Waals surface area contributed by atoms with Crippen LogP contribution < -0.4 is 10.0 Å². The molecule has 0 saturated heterocycles. The lowest BCUT2D eigenvalue weighted by Gasteiger charge is -2.07. The van der Waals surface area contributed by atoms with Gasteiger partial charge in [0.05, 0.1) is 59.1 Å². The molecule has 0 aromatic heterocycles. The molecule has 0 atom stereocenters.